The van der Waals surface area contributed by atoms with Crippen LogP contribution >= 0.6 is 0 Å². The molecule has 2 amide bonds. The third-order valence-electron chi connectivity index (χ3n) is 6.00. The van der Waals surface area contributed by atoms with Crippen molar-refractivity contribution in [3.8, 4) is 0 Å². The normalized spacial score (nSPS) is 24.5. The molecule has 28 heavy (non-hydrogen) atoms. The second-order valence-corrected chi connectivity index (χ2v) is 8.14. The molecular weight excluding hydrogens is 350 g/mol. The number of rotatable bonds is 5. The van der Waals surface area contributed by atoms with E-state index < -0.39 is 11.5 Å². The van der Waals surface area contributed by atoms with Gasteiger partial charge in [-0.2, -0.15) is 0 Å². The molecule has 0 unspecified atom stereocenters. The van der Waals surface area contributed by atoms with E-state index in [4.69, 9.17) is 0 Å². The lowest BCUT2D eigenvalue weighted by Crippen LogP contribution is -2.42. The monoisotopic (exact) mass is 377 g/mol. The van der Waals surface area contributed by atoms with Crippen molar-refractivity contribution in [2.45, 2.75) is 32.0 Å². The smallest absolute Gasteiger partial charge is 0.245 e. The largest absolute Gasteiger partial charge is 0.344 e. The van der Waals surface area contributed by atoms with Gasteiger partial charge >= 0.3 is 0 Å². The van der Waals surface area contributed by atoms with Crippen LogP contribution in [0.1, 0.15) is 24.0 Å². The van der Waals surface area contributed by atoms with Crippen LogP contribution in [0.25, 0.3) is 0 Å². The molecule has 0 saturated carbocycles. The SMILES string of the molecule is CN(Cc1ccccc1)C(=O)[C@@H]1C[C@]2(CCN(Cc3ccccc3)C2)C(=O)N1. The topological polar surface area (TPSA) is 52.7 Å². The van der Waals surface area contributed by atoms with Crippen LogP contribution in [0, 0.1) is 5.41 Å². The zero-order valence-electron chi connectivity index (χ0n) is 16.3. The summed E-state index contributed by atoms with van der Waals surface area (Å²) in [4.78, 5) is 29.7. The van der Waals surface area contributed by atoms with Crippen molar-refractivity contribution < 1.29 is 9.59 Å². The van der Waals surface area contributed by atoms with Crippen molar-refractivity contribution in [1.29, 1.82) is 0 Å². The number of amides is 2. The van der Waals surface area contributed by atoms with Crippen LogP contribution in [0.4, 0.5) is 0 Å². The number of benzene rings is 2. The van der Waals surface area contributed by atoms with E-state index in [2.05, 4.69) is 22.3 Å². The number of carbonyl (C=O) groups excluding carboxylic acids is 2. The number of hydrogen-bond acceptors (Lipinski definition) is 3. The van der Waals surface area contributed by atoms with Gasteiger partial charge in [0.2, 0.25) is 11.8 Å². The molecule has 0 bridgehead atoms. The third kappa shape index (κ3) is 3.80. The first-order chi connectivity index (χ1) is 13.6. The maximum Gasteiger partial charge on any atom is 0.245 e. The van der Waals surface area contributed by atoms with Gasteiger partial charge in [-0.3, -0.25) is 14.5 Å². The van der Waals surface area contributed by atoms with Crippen molar-refractivity contribution in [1.82, 2.24) is 15.1 Å². The standard InChI is InChI=1S/C23H27N3O2/c1-25(15-18-8-4-2-5-9-18)21(27)20-14-23(22(28)24-20)12-13-26(17-23)16-19-10-6-3-7-11-19/h2-11,20H,12-17H2,1H3,(H,24,28)/t20-,23-/m0/s1. The molecule has 1 N–H and O–H groups in total. The van der Waals surface area contributed by atoms with Gasteiger partial charge in [-0.15, -0.1) is 0 Å². The summed E-state index contributed by atoms with van der Waals surface area (Å²) in [6, 6.07) is 19.8. The van der Waals surface area contributed by atoms with Gasteiger partial charge in [0.15, 0.2) is 0 Å². The summed E-state index contributed by atoms with van der Waals surface area (Å²) in [5.74, 6) is 0.0325. The highest BCUT2D eigenvalue weighted by molar-refractivity contribution is 5.94. The minimum atomic E-state index is -0.428. The Morgan fingerprint density at radius 1 is 1.11 bits per heavy atom. The van der Waals surface area contributed by atoms with Gasteiger partial charge in [-0.1, -0.05) is 60.7 Å². The Hall–Kier alpha value is -2.66. The van der Waals surface area contributed by atoms with Crippen LogP contribution in [0.3, 0.4) is 0 Å². The lowest BCUT2D eigenvalue weighted by atomic mass is 9.83. The van der Waals surface area contributed by atoms with E-state index in [9.17, 15) is 9.59 Å². The summed E-state index contributed by atoms with van der Waals surface area (Å²) in [7, 11) is 1.81. The Bertz CT molecular complexity index is 839. The first kappa shape index (κ1) is 18.7. The fourth-order valence-corrected chi connectivity index (χ4v) is 4.48. The predicted octanol–water partition coefficient (Wildman–Crippen LogP) is 2.43. The van der Waals surface area contributed by atoms with E-state index in [1.54, 1.807) is 4.90 Å². The highest BCUT2D eigenvalue weighted by Crippen LogP contribution is 2.40. The van der Waals surface area contributed by atoms with Crippen LogP contribution in [-0.4, -0.2) is 47.8 Å². The molecule has 5 nitrogen and oxygen atoms in total. The third-order valence-corrected chi connectivity index (χ3v) is 6.00. The number of likely N-dealkylation sites (tertiary alicyclic amines) is 1. The Labute approximate surface area is 166 Å². The molecule has 5 heteroatoms. The quantitative estimate of drug-likeness (QED) is 0.871. The maximum absolute atomic E-state index is 12.9. The van der Waals surface area contributed by atoms with Crippen LogP contribution in [0.15, 0.2) is 60.7 Å². The zero-order valence-corrected chi connectivity index (χ0v) is 16.3. The molecule has 2 fully saturated rings. The first-order valence-corrected chi connectivity index (χ1v) is 9.92. The van der Waals surface area contributed by atoms with Gasteiger partial charge < -0.3 is 10.2 Å². The van der Waals surface area contributed by atoms with Crippen LogP contribution in [0.2, 0.25) is 0 Å². The van der Waals surface area contributed by atoms with E-state index >= 15 is 0 Å². The molecule has 0 aliphatic carbocycles. The van der Waals surface area contributed by atoms with Crippen LogP contribution < -0.4 is 5.32 Å². The molecule has 4 rings (SSSR count). The molecule has 2 atom stereocenters. The highest BCUT2D eigenvalue weighted by atomic mass is 16.2. The van der Waals surface area contributed by atoms with Crippen molar-refractivity contribution in [2.24, 2.45) is 5.41 Å². The Morgan fingerprint density at radius 2 is 1.75 bits per heavy atom. The molecule has 0 aromatic heterocycles. The summed E-state index contributed by atoms with van der Waals surface area (Å²) in [5, 5.41) is 2.98. The number of carbonyl (C=O) groups is 2. The van der Waals surface area contributed by atoms with E-state index in [1.807, 2.05) is 55.6 Å². The van der Waals surface area contributed by atoms with Crippen molar-refractivity contribution in [2.75, 3.05) is 20.1 Å². The van der Waals surface area contributed by atoms with Gasteiger partial charge in [-0.05, 0) is 30.5 Å². The fourth-order valence-electron chi connectivity index (χ4n) is 4.48. The molecule has 2 aliphatic rings. The van der Waals surface area contributed by atoms with Crippen molar-refractivity contribution in [3.63, 3.8) is 0 Å². The molecule has 2 aromatic rings. The molecule has 0 radical (unpaired) electrons. The molecular formula is C23H27N3O2. The van der Waals surface area contributed by atoms with Gasteiger partial charge in [0.05, 0.1) is 5.41 Å². The average molecular weight is 377 g/mol. The summed E-state index contributed by atoms with van der Waals surface area (Å²) in [6.45, 7) is 3.02. The Balaban J connectivity index is 1.37. The minimum absolute atomic E-state index is 0.00409. The second kappa shape index (κ2) is 7.76. The van der Waals surface area contributed by atoms with E-state index in [-0.39, 0.29) is 11.8 Å². The Kier molecular flexibility index (Phi) is 5.18. The highest BCUT2D eigenvalue weighted by Gasteiger charge is 2.52. The molecule has 2 aromatic carbocycles. The Morgan fingerprint density at radius 3 is 2.43 bits per heavy atom. The van der Waals surface area contributed by atoms with E-state index in [0.717, 1.165) is 31.6 Å². The van der Waals surface area contributed by atoms with Gasteiger partial charge in [0.25, 0.3) is 0 Å². The zero-order chi connectivity index (χ0) is 19.6. The van der Waals surface area contributed by atoms with Gasteiger partial charge in [0, 0.05) is 26.7 Å². The molecule has 146 valence electrons. The molecule has 2 heterocycles. The maximum atomic E-state index is 12.9. The van der Waals surface area contributed by atoms with Crippen LogP contribution in [0.5, 0.6) is 0 Å². The summed E-state index contributed by atoms with van der Waals surface area (Å²) < 4.78 is 0. The summed E-state index contributed by atoms with van der Waals surface area (Å²) >= 11 is 0. The number of nitrogens with one attached hydrogen (secondary N) is 1. The van der Waals surface area contributed by atoms with Crippen LogP contribution in [-0.2, 0) is 22.7 Å². The second-order valence-electron chi connectivity index (χ2n) is 8.14. The fraction of sp³-hybridized carbons (Fsp3) is 0.391. The van der Waals surface area contributed by atoms with E-state index in [0.29, 0.717) is 13.0 Å². The first-order valence-electron chi connectivity index (χ1n) is 9.92. The summed E-state index contributed by atoms with van der Waals surface area (Å²) in [5.41, 5.74) is 1.92. The van der Waals surface area contributed by atoms with Crippen molar-refractivity contribution in [3.05, 3.63) is 71.8 Å². The van der Waals surface area contributed by atoms with Crippen molar-refractivity contribution >= 4 is 11.8 Å². The lowest BCUT2D eigenvalue weighted by Gasteiger charge is -2.23. The summed E-state index contributed by atoms with van der Waals surface area (Å²) in [6.07, 6.45) is 1.41. The van der Waals surface area contributed by atoms with Gasteiger partial charge in [-0.25, -0.2) is 0 Å². The lowest BCUT2D eigenvalue weighted by molar-refractivity contribution is -0.133. The average Bonchev–Trinajstić information content (AvgIpc) is 3.26. The number of nitrogens with zero attached hydrogens (tertiary/aromatic N) is 2. The number of likely N-dealkylation sites (N-methyl/N-ethyl adjacent to an activating group) is 1. The van der Waals surface area contributed by atoms with E-state index in [1.165, 1.54) is 5.56 Å². The predicted molar refractivity (Wildman–Crippen MR) is 108 cm³/mol. The van der Waals surface area contributed by atoms with Gasteiger partial charge in [0.1, 0.15) is 6.04 Å². The molecule has 2 aliphatic heterocycles. The molecule has 1 spiro atoms. The number of hydrogen-bond donors (Lipinski definition) is 1. The minimum Gasteiger partial charge on any atom is -0.344 e. The molecule has 2 saturated heterocycles.